The van der Waals surface area contributed by atoms with Gasteiger partial charge in [0, 0.05) is 12.6 Å². The lowest BCUT2D eigenvalue weighted by atomic mass is 10.1. The first-order valence-corrected chi connectivity index (χ1v) is 12.8. The summed E-state index contributed by atoms with van der Waals surface area (Å²) in [7, 11) is -3.08. The molecule has 1 atom stereocenters. The lowest BCUT2D eigenvalue weighted by Gasteiger charge is -2.21. The Hall–Kier alpha value is -2.47. The molecule has 1 aromatic heterocycles. The highest BCUT2D eigenvalue weighted by atomic mass is 32.2. The fourth-order valence-electron chi connectivity index (χ4n) is 3.32. The number of hydrogen-bond acceptors (Lipinski definition) is 8. The van der Waals surface area contributed by atoms with Crippen LogP contribution in [0.4, 0.5) is 0 Å². The predicted molar refractivity (Wildman–Crippen MR) is 117 cm³/mol. The van der Waals surface area contributed by atoms with Crippen LogP contribution in [-0.2, 0) is 19.4 Å². The summed E-state index contributed by atoms with van der Waals surface area (Å²) in [5, 5.41) is 15.0. The number of hydrogen-bond donors (Lipinski definition) is 1. The lowest BCUT2D eigenvalue weighted by molar-refractivity contribution is -0.134. The Morgan fingerprint density at radius 2 is 2.10 bits per heavy atom. The molecule has 31 heavy (non-hydrogen) atoms. The van der Waals surface area contributed by atoms with Gasteiger partial charge in [-0.2, -0.15) is 4.68 Å². The summed E-state index contributed by atoms with van der Waals surface area (Å²) in [5.74, 6) is -0.472. The number of nitrogens with one attached hydrogen (secondary N) is 1. The third-order valence-electron chi connectivity index (χ3n) is 5.02. The summed E-state index contributed by atoms with van der Waals surface area (Å²) in [6.07, 6.45) is 0.408. The van der Waals surface area contributed by atoms with Crippen molar-refractivity contribution in [3.05, 3.63) is 29.3 Å². The van der Waals surface area contributed by atoms with Crippen molar-refractivity contribution >= 4 is 33.4 Å². The molecule has 2 amide bonds. The quantitative estimate of drug-likeness (QED) is 0.558. The molecule has 0 saturated carbocycles. The fourth-order valence-corrected chi connectivity index (χ4v) is 5.78. The molecule has 3 rings (SSSR count). The smallest absolute Gasteiger partial charge is 0.239 e. The van der Waals surface area contributed by atoms with E-state index in [9.17, 15) is 18.0 Å². The van der Waals surface area contributed by atoms with Crippen LogP contribution in [0.3, 0.4) is 0 Å². The van der Waals surface area contributed by atoms with Gasteiger partial charge in [0.1, 0.15) is 0 Å². The molecule has 2 aromatic rings. The average molecular weight is 467 g/mol. The molecule has 1 saturated heterocycles. The van der Waals surface area contributed by atoms with Crippen molar-refractivity contribution in [2.75, 3.05) is 30.3 Å². The monoisotopic (exact) mass is 466 g/mol. The number of aryl methyl sites for hydroxylation is 2. The van der Waals surface area contributed by atoms with E-state index < -0.39 is 9.84 Å². The highest BCUT2D eigenvalue weighted by molar-refractivity contribution is 7.99. The normalized spacial score (nSPS) is 17.5. The lowest BCUT2D eigenvalue weighted by Crippen LogP contribution is -2.45. The van der Waals surface area contributed by atoms with Crippen molar-refractivity contribution in [2.24, 2.45) is 0 Å². The molecule has 0 aliphatic carbocycles. The number of carbonyl (C=O) groups is 2. The second-order valence-electron chi connectivity index (χ2n) is 7.53. The molecule has 168 valence electrons. The maximum Gasteiger partial charge on any atom is 0.239 e. The SMILES string of the molecule is CCN(CC(=O)N[C@H]1CCS(=O)(=O)C1)C(=O)CSc1nnnn1-c1cc(C)ccc1C. The Morgan fingerprint density at radius 3 is 2.77 bits per heavy atom. The first kappa shape index (κ1) is 23.2. The number of rotatable bonds is 8. The van der Waals surface area contributed by atoms with Gasteiger partial charge in [-0.1, -0.05) is 23.9 Å². The number of sulfone groups is 1. The predicted octanol–water partition coefficient (Wildman–Crippen LogP) is 0.523. The van der Waals surface area contributed by atoms with E-state index in [1.807, 2.05) is 32.0 Å². The van der Waals surface area contributed by atoms with E-state index in [0.717, 1.165) is 16.8 Å². The summed E-state index contributed by atoms with van der Waals surface area (Å²) in [6.45, 7) is 5.97. The van der Waals surface area contributed by atoms with Crippen LogP contribution < -0.4 is 5.32 Å². The Kier molecular flexibility index (Phi) is 7.31. The maximum absolute atomic E-state index is 12.7. The Bertz CT molecular complexity index is 1070. The highest BCUT2D eigenvalue weighted by Crippen LogP contribution is 2.22. The van der Waals surface area contributed by atoms with Crippen molar-refractivity contribution in [1.29, 1.82) is 0 Å². The summed E-state index contributed by atoms with van der Waals surface area (Å²) in [5.41, 5.74) is 2.92. The van der Waals surface area contributed by atoms with E-state index in [0.29, 0.717) is 18.1 Å². The Morgan fingerprint density at radius 1 is 1.32 bits per heavy atom. The third kappa shape index (κ3) is 6.03. The van der Waals surface area contributed by atoms with Crippen LogP contribution >= 0.6 is 11.8 Å². The van der Waals surface area contributed by atoms with Gasteiger partial charge in [0.15, 0.2) is 9.84 Å². The number of tetrazole rings is 1. The van der Waals surface area contributed by atoms with Crippen LogP contribution in [0.5, 0.6) is 0 Å². The molecule has 12 heteroatoms. The molecule has 10 nitrogen and oxygen atoms in total. The van der Waals surface area contributed by atoms with Crippen LogP contribution in [0.2, 0.25) is 0 Å². The molecule has 0 spiro atoms. The molecule has 1 aromatic carbocycles. The fraction of sp³-hybridized carbons (Fsp3) is 0.526. The van der Waals surface area contributed by atoms with Gasteiger partial charge in [0.25, 0.3) is 0 Å². The van der Waals surface area contributed by atoms with E-state index in [1.54, 1.807) is 11.6 Å². The van der Waals surface area contributed by atoms with Crippen molar-refractivity contribution in [1.82, 2.24) is 30.4 Å². The average Bonchev–Trinajstić information content (AvgIpc) is 3.31. The van der Waals surface area contributed by atoms with Gasteiger partial charge in [-0.05, 0) is 54.8 Å². The maximum atomic E-state index is 12.7. The topological polar surface area (TPSA) is 127 Å². The zero-order valence-electron chi connectivity index (χ0n) is 17.7. The van der Waals surface area contributed by atoms with E-state index in [2.05, 4.69) is 20.8 Å². The molecule has 1 fully saturated rings. The van der Waals surface area contributed by atoms with Gasteiger partial charge in [0.2, 0.25) is 17.0 Å². The molecule has 0 radical (unpaired) electrons. The van der Waals surface area contributed by atoms with Crippen molar-refractivity contribution < 1.29 is 18.0 Å². The number of thioether (sulfide) groups is 1. The number of likely N-dealkylation sites (N-methyl/N-ethyl adjacent to an activating group) is 1. The zero-order valence-corrected chi connectivity index (χ0v) is 19.4. The minimum absolute atomic E-state index is 0.0459. The molecule has 1 N–H and O–H groups in total. The third-order valence-corrected chi connectivity index (χ3v) is 7.70. The molecular weight excluding hydrogens is 440 g/mol. The van der Waals surface area contributed by atoms with Crippen molar-refractivity contribution in [2.45, 2.75) is 38.4 Å². The number of benzene rings is 1. The van der Waals surface area contributed by atoms with Crippen LogP contribution in [0.15, 0.2) is 23.4 Å². The number of carbonyl (C=O) groups excluding carboxylic acids is 2. The first-order chi connectivity index (χ1) is 14.7. The number of aromatic nitrogens is 4. The standard InChI is InChI=1S/C19H26N6O4S2/c1-4-24(10-17(26)20-15-7-8-31(28,29)12-15)18(27)11-30-19-21-22-23-25(19)16-9-13(2)5-6-14(16)3/h5-6,9,15H,4,7-8,10-12H2,1-3H3,(H,20,26)/t15-/m0/s1. The molecule has 2 heterocycles. The Balaban J connectivity index is 1.58. The van der Waals surface area contributed by atoms with Gasteiger partial charge in [-0.3, -0.25) is 9.59 Å². The molecular formula is C19H26N6O4S2. The van der Waals surface area contributed by atoms with Crippen LogP contribution in [0, 0.1) is 13.8 Å². The van der Waals surface area contributed by atoms with Gasteiger partial charge in [-0.25, -0.2) is 8.42 Å². The molecule has 1 aliphatic heterocycles. The van der Waals surface area contributed by atoms with Gasteiger partial charge in [-0.15, -0.1) is 5.10 Å². The Labute approximate surface area is 185 Å². The summed E-state index contributed by atoms with van der Waals surface area (Å²) >= 11 is 1.20. The van der Waals surface area contributed by atoms with Crippen LogP contribution in [0.25, 0.3) is 5.69 Å². The number of amides is 2. The summed E-state index contributed by atoms with van der Waals surface area (Å²) in [6, 6.07) is 5.58. The van der Waals surface area contributed by atoms with Gasteiger partial charge < -0.3 is 10.2 Å². The summed E-state index contributed by atoms with van der Waals surface area (Å²) in [4.78, 5) is 26.4. The van der Waals surface area contributed by atoms with Crippen LogP contribution in [-0.4, -0.2) is 81.7 Å². The number of nitrogens with zero attached hydrogens (tertiary/aromatic N) is 5. The molecule has 0 bridgehead atoms. The van der Waals surface area contributed by atoms with Crippen molar-refractivity contribution in [3.63, 3.8) is 0 Å². The minimum Gasteiger partial charge on any atom is -0.351 e. The molecule has 0 unspecified atom stereocenters. The van der Waals surface area contributed by atoms with Gasteiger partial charge >= 0.3 is 0 Å². The molecule has 1 aliphatic rings. The van der Waals surface area contributed by atoms with E-state index >= 15 is 0 Å². The summed E-state index contributed by atoms with van der Waals surface area (Å²) < 4.78 is 24.7. The van der Waals surface area contributed by atoms with E-state index in [4.69, 9.17) is 0 Å². The van der Waals surface area contributed by atoms with E-state index in [-0.39, 0.29) is 41.7 Å². The largest absolute Gasteiger partial charge is 0.351 e. The second-order valence-corrected chi connectivity index (χ2v) is 10.7. The zero-order chi connectivity index (χ0) is 22.6. The second kappa shape index (κ2) is 9.77. The van der Waals surface area contributed by atoms with Crippen molar-refractivity contribution in [3.8, 4) is 5.69 Å². The highest BCUT2D eigenvalue weighted by Gasteiger charge is 2.29. The van der Waals surface area contributed by atoms with Crippen LogP contribution in [0.1, 0.15) is 24.5 Å². The first-order valence-electron chi connectivity index (χ1n) is 9.95. The van der Waals surface area contributed by atoms with Gasteiger partial charge in [0.05, 0.1) is 29.5 Å². The minimum atomic E-state index is -3.08. The van der Waals surface area contributed by atoms with E-state index in [1.165, 1.54) is 16.7 Å².